The molecule has 33 heavy (non-hydrogen) atoms. The molecule has 1 heterocycles. The number of rotatable bonds is 6. The first-order chi connectivity index (χ1) is 15.4. The molecule has 3 rings (SSSR count). The predicted octanol–water partition coefficient (Wildman–Crippen LogP) is 4.20. The molecule has 1 N–H and O–H groups in total. The third-order valence-corrected chi connectivity index (χ3v) is 5.62. The molecule has 178 valence electrons. The van der Waals surface area contributed by atoms with Gasteiger partial charge in [0, 0.05) is 19.2 Å². The van der Waals surface area contributed by atoms with Gasteiger partial charge in [-0.25, -0.2) is 13.6 Å². The second-order valence-electron chi connectivity index (χ2n) is 9.04. The Morgan fingerprint density at radius 2 is 1.76 bits per heavy atom. The maximum absolute atomic E-state index is 14.0. The highest BCUT2D eigenvalue weighted by atomic mass is 19.1. The second-order valence-corrected chi connectivity index (χ2v) is 9.04. The summed E-state index contributed by atoms with van der Waals surface area (Å²) in [5.74, 6) is -2.30. The number of halogens is 2. The number of amides is 1. The van der Waals surface area contributed by atoms with Crippen LogP contribution in [0.1, 0.15) is 56.5 Å². The summed E-state index contributed by atoms with van der Waals surface area (Å²) in [6.07, 6.45) is 0.178. The van der Waals surface area contributed by atoms with Gasteiger partial charge in [0.1, 0.15) is 17.4 Å². The lowest BCUT2D eigenvalue weighted by Crippen LogP contribution is -2.45. The summed E-state index contributed by atoms with van der Waals surface area (Å²) in [5, 5.41) is 11.2. The summed E-state index contributed by atoms with van der Waals surface area (Å²) < 4.78 is 38.2. The van der Waals surface area contributed by atoms with Crippen LogP contribution in [0, 0.1) is 11.6 Å². The highest BCUT2D eigenvalue weighted by Crippen LogP contribution is 2.35. The fourth-order valence-corrected chi connectivity index (χ4v) is 3.74. The van der Waals surface area contributed by atoms with Gasteiger partial charge in [0.05, 0.1) is 17.3 Å². The minimum Gasteiger partial charge on any atom is -0.476 e. The normalized spacial score (nSPS) is 15.9. The summed E-state index contributed by atoms with van der Waals surface area (Å²) in [5.41, 5.74) is -2.05. The van der Waals surface area contributed by atoms with E-state index in [2.05, 4.69) is 0 Å². The smallest absolute Gasteiger partial charge is 0.350 e. The Balaban J connectivity index is 1.70. The van der Waals surface area contributed by atoms with Crippen LogP contribution in [0.4, 0.5) is 8.78 Å². The highest BCUT2D eigenvalue weighted by molar-refractivity contribution is 5.94. The molecule has 1 aliphatic heterocycles. The number of carbonyl (C=O) groups excluding carboxylic acids is 2. The molecule has 1 aliphatic rings. The van der Waals surface area contributed by atoms with Crippen LogP contribution in [0.25, 0.3) is 0 Å². The molecule has 6 nitrogen and oxygen atoms in total. The third-order valence-electron chi connectivity index (χ3n) is 5.62. The van der Waals surface area contributed by atoms with Gasteiger partial charge < -0.3 is 19.5 Å². The van der Waals surface area contributed by atoms with Crippen molar-refractivity contribution in [1.82, 2.24) is 4.90 Å². The van der Waals surface area contributed by atoms with Crippen molar-refractivity contribution in [3.63, 3.8) is 0 Å². The average Bonchev–Trinajstić information content (AvgIpc) is 2.73. The van der Waals surface area contributed by atoms with E-state index in [1.807, 2.05) is 0 Å². The molecule has 0 saturated carbocycles. The second kappa shape index (κ2) is 9.47. The largest absolute Gasteiger partial charge is 0.476 e. The number of hydrogen-bond acceptors (Lipinski definition) is 5. The molecule has 0 spiro atoms. The van der Waals surface area contributed by atoms with Gasteiger partial charge in [-0.05, 0) is 70.4 Å². The lowest BCUT2D eigenvalue weighted by Gasteiger charge is -2.39. The van der Waals surface area contributed by atoms with E-state index < -0.39 is 34.7 Å². The molecule has 0 aromatic heterocycles. The van der Waals surface area contributed by atoms with E-state index in [1.165, 1.54) is 4.90 Å². The van der Waals surface area contributed by atoms with Crippen LogP contribution in [0.2, 0.25) is 0 Å². The first-order valence-corrected chi connectivity index (χ1v) is 10.9. The average molecular weight is 462 g/mol. The zero-order valence-corrected chi connectivity index (χ0v) is 19.2. The van der Waals surface area contributed by atoms with Crippen molar-refractivity contribution < 1.29 is 33.0 Å². The van der Waals surface area contributed by atoms with E-state index >= 15 is 0 Å². The Bertz CT molecular complexity index is 1030. The van der Waals surface area contributed by atoms with Crippen molar-refractivity contribution >= 4 is 11.9 Å². The Morgan fingerprint density at radius 1 is 1.09 bits per heavy atom. The van der Waals surface area contributed by atoms with E-state index in [4.69, 9.17) is 9.47 Å². The van der Waals surface area contributed by atoms with Crippen LogP contribution in [0.15, 0.2) is 42.5 Å². The standard InChI is InChI=1S/C25H29F2NO5/c1-16(2)32-23(30)24(3,4)33-19-7-5-6-17(14-19)25(31)10-12-28(13-11-25)22(29)20-9-8-18(26)15-21(20)27/h5-9,14-16,31H,10-13H2,1-4H3. The zero-order valence-electron chi connectivity index (χ0n) is 19.2. The monoisotopic (exact) mass is 461 g/mol. The van der Waals surface area contributed by atoms with E-state index in [0.29, 0.717) is 17.4 Å². The van der Waals surface area contributed by atoms with Crippen molar-refractivity contribution in [2.45, 2.75) is 57.8 Å². The molecule has 2 aromatic rings. The lowest BCUT2D eigenvalue weighted by atomic mass is 9.84. The number of aliphatic hydroxyl groups is 1. The molecule has 1 fully saturated rings. The minimum absolute atomic E-state index is 0.198. The lowest BCUT2D eigenvalue weighted by molar-refractivity contribution is -0.163. The van der Waals surface area contributed by atoms with Crippen molar-refractivity contribution in [2.24, 2.45) is 0 Å². The Kier molecular flexibility index (Phi) is 7.07. The van der Waals surface area contributed by atoms with Gasteiger partial charge in [0.2, 0.25) is 0 Å². The van der Waals surface area contributed by atoms with Crippen LogP contribution >= 0.6 is 0 Å². The van der Waals surface area contributed by atoms with Gasteiger partial charge in [-0.1, -0.05) is 12.1 Å². The summed E-state index contributed by atoms with van der Waals surface area (Å²) in [6, 6.07) is 9.68. The van der Waals surface area contributed by atoms with E-state index in [9.17, 15) is 23.5 Å². The number of piperidine rings is 1. The number of esters is 1. The summed E-state index contributed by atoms with van der Waals surface area (Å²) in [6.45, 7) is 7.12. The molecule has 2 aromatic carbocycles. The quantitative estimate of drug-likeness (QED) is 0.653. The number of ether oxygens (including phenoxy) is 2. The molecule has 0 aliphatic carbocycles. The number of hydrogen-bond donors (Lipinski definition) is 1. The van der Waals surface area contributed by atoms with E-state index in [-0.39, 0.29) is 37.6 Å². The van der Waals surface area contributed by atoms with Crippen LogP contribution in [0.3, 0.4) is 0 Å². The third kappa shape index (κ3) is 5.68. The SMILES string of the molecule is CC(C)OC(=O)C(C)(C)Oc1cccc(C2(O)CCN(C(=O)c3ccc(F)cc3F)CC2)c1. The zero-order chi connectivity index (χ0) is 24.4. The van der Waals surface area contributed by atoms with Gasteiger partial charge in [-0.3, -0.25) is 4.79 Å². The van der Waals surface area contributed by atoms with Crippen molar-refractivity contribution in [1.29, 1.82) is 0 Å². The van der Waals surface area contributed by atoms with Gasteiger partial charge in [0.15, 0.2) is 5.60 Å². The number of likely N-dealkylation sites (tertiary alicyclic amines) is 1. The molecule has 1 amide bonds. The maximum Gasteiger partial charge on any atom is 0.350 e. The number of carbonyl (C=O) groups is 2. The van der Waals surface area contributed by atoms with Gasteiger partial charge >= 0.3 is 5.97 Å². The van der Waals surface area contributed by atoms with Gasteiger partial charge in [-0.15, -0.1) is 0 Å². The molecular formula is C25H29F2NO5. The summed E-state index contributed by atoms with van der Waals surface area (Å²) in [7, 11) is 0. The van der Waals surface area contributed by atoms with E-state index in [1.54, 1.807) is 52.0 Å². The molecule has 0 unspecified atom stereocenters. The molecular weight excluding hydrogens is 432 g/mol. The fourth-order valence-electron chi connectivity index (χ4n) is 3.74. The molecule has 1 saturated heterocycles. The van der Waals surface area contributed by atoms with Crippen LogP contribution < -0.4 is 4.74 Å². The Hall–Kier alpha value is -3.00. The van der Waals surface area contributed by atoms with Crippen LogP contribution in [-0.4, -0.2) is 46.7 Å². The van der Waals surface area contributed by atoms with Gasteiger partial charge in [0.25, 0.3) is 5.91 Å². The maximum atomic E-state index is 14.0. The number of benzene rings is 2. The van der Waals surface area contributed by atoms with Gasteiger partial charge in [-0.2, -0.15) is 0 Å². The number of nitrogens with zero attached hydrogens (tertiary/aromatic N) is 1. The molecule has 8 heteroatoms. The van der Waals surface area contributed by atoms with E-state index in [0.717, 1.165) is 12.1 Å². The van der Waals surface area contributed by atoms with Crippen molar-refractivity contribution in [3.05, 3.63) is 65.2 Å². The first-order valence-electron chi connectivity index (χ1n) is 10.9. The summed E-state index contributed by atoms with van der Waals surface area (Å²) in [4.78, 5) is 26.4. The highest BCUT2D eigenvalue weighted by Gasteiger charge is 2.37. The van der Waals surface area contributed by atoms with Crippen molar-refractivity contribution in [3.8, 4) is 5.75 Å². The topological polar surface area (TPSA) is 76.1 Å². The minimum atomic E-state index is -1.22. The first kappa shape index (κ1) is 24.6. The predicted molar refractivity (Wildman–Crippen MR) is 118 cm³/mol. The Labute approximate surface area is 192 Å². The van der Waals surface area contributed by atoms with Crippen LogP contribution in [0.5, 0.6) is 5.75 Å². The van der Waals surface area contributed by atoms with Crippen LogP contribution in [-0.2, 0) is 15.1 Å². The molecule has 0 atom stereocenters. The molecule has 0 bridgehead atoms. The molecule has 0 radical (unpaired) electrons. The fraction of sp³-hybridized carbons (Fsp3) is 0.440. The summed E-state index contributed by atoms with van der Waals surface area (Å²) >= 11 is 0. The Morgan fingerprint density at radius 3 is 2.36 bits per heavy atom. The van der Waals surface area contributed by atoms with Crippen molar-refractivity contribution in [2.75, 3.05) is 13.1 Å².